The molecule has 0 aromatic heterocycles. The molecular formula is C15H24ClN3O3S. The van der Waals surface area contributed by atoms with Crippen LogP contribution >= 0.6 is 11.6 Å². The number of carbonyl (C=O) groups is 1. The van der Waals surface area contributed by atoms with E-state index in [4.69, 9.17) is 11.6 Å². The smallest absolute Gasteiger partial charge is 0.225 e. The second-order valence-corrected chi connectivity index (χ2v) is 7.99. The minimum absolute atomic E-state index is 0.0836. The zero-order chi connectivity index (χ0) is 17.5. The summed E-state index contributed by atoms with van der Waals surface area (Å²) in [6.45, 7) is 1.34. The molecule has 8 heteroatoms. The van der Waals surface area contributed by atoms with Gasteiger partial charge < -0.3 is 10.2 Å². The van der Waals surface area contributed by atoms with E-state index in [-0.39, 0.29) is 18.9 Å². The predicted octanol–water partition coefficient (Wildman–Crippen LogP) is 1.88. The van der Waals surface area contributed by atoms with Crippen molar-refractivity contribution < 1.29 is 13.2 Å². The average Bonchev–Trinajstić information content (AvgIpc) is 2.43. The third kappa shape index (κ3) is 7.78. The van der Waals surface area contributed by atoms with Crippen molar-refractivity contribution in [3.63, 3.8) is 0 Å². The Morgan fingerprint density at radius 2 is 1.83 bits per heavy atom. The molecule has 1 rings (SSSR count). The van der Waals surface area contributed by atoms with Gasteiger partial charge in [-0.3, -0.25) is 4.79 Å². The number of nitrogens with one attached hydrogen (secondary N) is 1. The summed E-state index contributed by atoms with van der Waals surface area (Å²) in [5.41, 5.74) is 0.526. The van der Waals surface area contributed by atoms with Crippen LogP contribution in [0, 0.1) is 0 Å². The molecule has 0 heterocycles. The lowest BCUT2D eigenvalue weighted by atomic mass is 10.3. The Balaban J connectivity index is 2.53. The van der Waals surface area contributed by atoms with E-state index in [1.807, 2.05) is 19.0 Å². The van der Waals surface area contributed by atoms with Gasteiger partial charge in [-0.25, -0.2) is 12.7 Å². The first-order valence-corrected chi connectivity index (χ1v) is 9.57. The van der Waals surface area contributed by atoms with Crippen molar-refractivity contribution in [1.82, 2.24) is 9.21 Å². The van der Waals surface area contributed by atoms with E-state index in [0.717, 1.165) is 12.8 Å². The maximum atomic E-state index is 12.0. The van der Waals surface area contributed by atoms with E-state index >= 15 is 0 Å². The summed E-state index contributed by atoms with van der Waals surface area (Å²) in [5, 5.41) is 3.14. The van der Waals surface area contributed by atoms with Crippen LogP contribution in [0.15, 0.2) is 24.3 Å². The molecule has 0 spiro atoms. The van der Waals surface area contributed by atoms with Crippen molar-refractivity contribution >= 4 is 33.2 Å². The summed E-state index contributed by atoms with van der Waals surface area (Å²) in [4.78, 5) is 14.0. The molecule has 0 fully saturated rings. The highest BCUT2D eigenvalue weighted by Crippen LogP contribution is 2.20. The van der Waals surface area contributed by atoms with E-state index < -0.39 is 10.0 Å². The van der Waals surface area contributed by atoms with E-state index in [0.29, 0.717) is 23.7 Å². The molecule has 1 aromatic rings. The van der Waals surface area contributed by atoms with E-state index in [2.05, 4.69) is 5.32 Å². The molecule has 1 N–H and O–H groups in total. The molecule has 0 unspecified atom stereocenters. The average molecular weight is 362 g/mol. The molecule has 130 valence electrons. The largest absolute Gasteiger partial charge is 0.325 e. The molecule has 0 atom stereocenters. The van der Waals surface area contributed by atoms with Crippen molar-refractivity contribution in [3.05, 3.63) is 29.3 Å². The number of halogens is 1. The van der Waals surface area contributed by atoms with Gasteiger partial charge in [0.1, 0.15) is 0 Å². The monoisotopic (exact) mass is 361 g/mol. The predicted molar refractivity (Wildman–Crippen MR) is 94.3 cm³/mol. The number of sulfonamides is 1. The van der Waals surface area contributed by atoms with E-state index in [1.165, 1.54) is 4.31 Å². The Bertz CT molecular complexity index is 620. The fraction of sp³-hybridized carbons (Fsp3) is 0.533. The fourth-order valence-electron chi connectivity index (χ4n) is 2.01. The van der Waals surface area contributed by atoms with Gasteiger partial charge in [-0.05, 0) is 39.2 Å². The molecule has 1 aromatic carbocycles. The third-order valence-electron chi connectivity index (χ3n) is 3.22. The summed E-state index contributed by atoms with van der Waals surface area (Å²) in [6, 6.07) is 6.92. The van der Waals surface area contributed by atoms with E-state index in [1.54, 1.807) is 24.3 Å². The highest BCUT2D eigenvalue weighted by Gasteiger charge is 2.17. The van der Waals surface area contributed by atoms with Crippen LogP contribution in [0.5, 0.6) is 0 Å². The van der Waals surface area contributed by atoms with Crippen LogP contribution < -0.4 is 5.32 Å². The van der Waals surface area contributed by atoms with Crippen LogP contribution in [0.25, 0.3) is 0 Å². The summed E-state index contributed by atoms with van der Waals surface area (Å²) >= 11 is 5.98. The quantitative estimate of drug-likeness (QED) is 0.729. The number of anilines is 1. The number of para-hydroxylation sites is 1. The van der Waals surface area contributed by atoms with Gasteiger partial charge in [0.05, 0.1) is 17.0 Å². The lowest BCUT2D eigenvalue weighted by Crippen LogP contribution is -2.35. The number of hydrogen-bond acceptors (Lipinski definition) is 4. The zero-order valence-corrected chi connectivity index (χ0v) is 15.3. The maximum Gasteiger partial charge on any atom is 0.225 e. The van der Waals surface area contributed by atoms with Gasteiger partial charge in [0, 0.05) is 19.5 Å². The van der Waals surface area contributed by atoms with Crippen molar-refractivity contribution in [3.8, 4) is 0 Å². The Labute approximate surface area is 143 Å². The van der Waals surface area contributed by atoms with Crippen LogP contribution in [-0.2, 0) is 14.8 Å². The van der Waals surface area contributed by atoms with Crippen molar-refractivity contribution in [2.45, 2.75) is 12.8 Å². The van der Waals surface area contributed by atoms with Gasteiger partial charge in [0.25, 0.3) is 0 Å². The molecular weight excluding hydrogens is 338 g/mol. The topological polar surface area (TPSA) is 69.7 Å². The van der Waals surface area contributed by atoms with Gasteiger partial charge in [-0.1, -0.05) is 23.7 Å². The number of rotatable bonds is 9. The van der Waals surface area contributed by atoms with Gasteiger partial charge in [-0.2, -0.15) is 0 Å². The number of amides is 1. The maximum absolute atomic E-state index is 12.0. The van der Waals surface area contributed by atoms with Crippen LogP contribution in [0.4, 0.5) is 5.69 Å². The minimum atomic E-state index is -3.33. The molecule has 0 radical (unpaired) electrons. The Hall–Kier alpha value is -1.15. The molecule has 1 amide bonds. The molecule has 0 aliphatic heterocycles. The molecule has 6 nitrogen and oxygen atoms in total. The standard InChI is InChI=1S/C15H24ClN3O3S/c1-18(2)10-6-11-19(23(3,21)22)12-9-15(20)17-14-8-5-4-7-13(14)16/h4-5,7-8H,6,9-12H2,1-3H3,(H,17,20). The molecule has 0 saturated carbocycles. The fourth-order valence-corrected chi connectivity index (χ4v) is 3.07. The highest BCUT2D eigenvalue weighted by atomic mass is 35.5. The van der Waals surface area contributed by atoms with Crippen LogP contribution in [0.1, 0.15) is 12.8 Å². The Morgan fingerprint density at radius 3 is 2.39 bits per heavy atom. The second kappa shape index (κ2) is 9.22. The molecule has 0 aliphatic carbocycles. The van der Waals surface area contributed by atoms with Gasteiger partial charge in [0.15, 0.2) is 0 Å². The van der Waals surface area contributed by atoms with Crippen LogP contribution in [0.3, 0.4) is 0 Å². The first-order valence-electron chi connectivity index (χ1n) is 7.34. The van der Waals surface area contributed by atoms with Crippen molar-refractivity contribution in [2.75, 3.05) is 45.3 Å². The molecule has 0 aliphatic rings. The SMILES string of the molecule is CN(C)CCCN(CCC(=O)Nc1ccccc1Cl)S(C)(=O)=O. The van der Waals surface area contributed by atoms with Gasteiger partial charge in [-0.15, -0.1) is 0 Å². The lowest BCUT2D eigenvalue weighted by molar-refractivity contribution is -0.116. The minimum Gasteiger partial charge on any atom is -0.325 e. The van der Waals surface area contributed by atoms with E-state index in [9.17, 15) is 13.2 Å². The Kier molecular flexibility index (Phi) is 7.98. The summed E-state index contributed by atoms with van der Waals surface area (Å²) in [6.07, 6.45) is 1.96. The molecule has 0 saturated heterocycles. The summed E-state index contributed by atoms with van der Waals surface area (Å²) in [5.74, 6) is -0.264. The van der Waals surface area contributed by atoms with Gasteiger partial charge >= 0.3 is 0 Å². The first kappa shape index (κ1) is 19.9. The third-order valence-corrected chi connectivity index (χ3v) is 4.85. The lowest BCUT2D eigenvalue weighted by Gasteiger charge is -2.20. The number of hydrogen-bond donors (Lipinski definition) is 1. The van der Waals surface area contributed by atoms with Crippen LogP contribution in [-0.4, -0.2) is 63.5 Å². The normalized spacial score (nSPS) is 11.9. The highest BCUT2D eigenvalue weighted by molar-refractivity contribution is 7.88. The zero-order valence-electron chi connectivity index (χ0n) is 13.8. The molecule has 23 heavy (non-hydrogen) atoms. The number of nitrogens with zero attached hydrogens (tertiary/aromatic N) is 2. The first-order chi connectivity index (χ1) is 10.7. The second-order valence-electron chi connectivity index (χ2n) is 5.60. The number of carbonyl (C=O) groups excluding carboxylic acids is 1. The summed E-state index contributed by atoms with van der Waals surface area (Å²) in [7, 11) is 0.534. The Morgan fingerprint density at radius 1 is 1.17 bits per heavy atom. The van der Waals surface area contributed by atoms with Crippen LogP contribution in [0.2, 0.25) is 5.02 Å². The number of benzene rings is 1. The summed E-state index contributed by atoms with van der Waals surface area (Å²) < 4.78 is 24.9. The molecule has 0 bridgehead atoms. The van der Waals surface area contributed by atoms with Gasteiger partial charge in [0.2, 0.25) is 15.9 Å². The van der Waals surface area contributed by atoms with Crippen molar-refractivity contribution in [1.29, 1.82) is 0 Å². The van der Waals surface area contributed by atoms with Crippen molar-refractivity contribution in [2.24, 2.45) is 0 Å².